The second kappa shape index (κ2) is 12.2. The molecule has 23 heavy (non-hydrogen) atoms. The number of hydrogen-bond acceptors (Lipinski definition) is 2. The molecule has 0 aliphatic rings. The summed E-state index contributed by atoms with van der Waals surface area (Å²) in [5.74, 6) is 0.879. The van der Waals surface area contributed by atoms with Crippen molar-refractivity contribution in [2.45, 2.75) is 27.3 Å². The zero-order valence-corrected chi connectivity index (χ0v) is 16.9. The lowest BCUT2D eigenvalue weighted by molar-refractivity contribution is -0.131. The molecule has 130 valence electrons. The van der Waals surface area contributed by atoms with E-state index >= 15 is 0 Å². The van der Waals surface area contributed by atoms with E-state index in [0.717, 1.165) is 31.2 Å². The summed E-state index contributed by atoms with van der Waals surface area (Å²) in [7, 11) is 1.90. The van der Waals surface area contributed by atoms with Crippen molar-refractivity contribution in [2.24, 2.45) is 4.99 Å². The smallest absolute Gasteiger partial charge is 0.242 e. The molecule has 0 radical (unpaired) electrons. The number of aliphatic imine (C=N–C) groups is 1. The van der Waals surface area contributed by atoms with Crippen LogP contribution in [0.25, 0.3) is 0 Å². The topological polar surface area (TPSA) is 47.9 Å². The molecule has 1 aromatic rings. The van der Waals surface area contributed by atoms with Crippen molar-refractivity contribution in [1.29, 1.82) is 0 Å². The van der Waals surface area contributed by atoms with E-state index < -0.39 is 0 Å². The van der Waals surface area contributed by atoms with Gasteiger partial charge in [-0.1, -0.05) is 30.3 Å². The molecule has 0 spiro atoms. The van der Waals surface area contributed by atoms with Gasteiger partial charge < -0.3 is 15.1 Å². The van der Waals surface area contributed by atoms with Gasteiger partial charge in [0.15, 0.2) is 5.96 Å². The van der Waals surface area contributed by atoms with Crippen LogP contribution in [0.2, 0.25) is 0 Å². The van der Waals surface area contributed by atoms with Crippen LogP contribution >= 0.6 is 24.0 Å². The van der Waals surface area contributed by atoms with Gasteiger partial charge in [0.2, 0.25) is 5.91 Å². The zero-order valence-electron chi connectivity index (χ0n) is 14.6. The van der Waals surface area contributed by atoms with Crippen LogP contribution in [0.15, 0.2) is 35.3 Å². The first-order chi connectivity index (χ1) is 10.6. The Bertz CT molecular complexity index is 475. The van der Waals surface area contributed by atoms with Crippen molar-refractivity contribution in [3.05, 3.63) is 35.9 Å². The zero-order chi connectivity index (χ0) is 16.4. The molecule has 0 bridgehead atoms. The number of halogens is 1. The predicted molar refractivity (Wildman–Crippen MR) is 107 cm³/mol. The molecule has 1 aromatic carbocycles. The van der Waals surface area contributed by atoms with Crippen molar-refractivity contribution in [1.82, 2.24) is 15.1 Å². The maximum atomic E-state index is 12.2. The third-order valence-corrected chi connectivity index (χ3v) is 3.44. The van der Waals surface area contributed by atoms with E-state index in [2.05, 4.69) is 10.3 Å². The molecule has 0 fully saturated rings. The molecule has 0 aliphatic heterocycles. The molecule has 6 heteroatoms. The van der Waals surface area contributed by atoms with Gasteiger partial charge in [0.05, 0.1) is 13.1 Å². The van der Waals surface area contributed by atoms with Gasteiger partial charge in [0.1, 0.15) is 0 Å². The van der Waals surface area contributed by atoms with E-state index in [1.165, 1.54) is 0 Å². The van der Waals surface area contributed by atoms with E-state index in [-0.39, 0.29) is 29.9 Å². The first-order valence-corrected chi connectivity index (χ1v) is 7.93. The maximum absolute atomic E-state index is 12.2. The van der Waals surface area contributed by atoms with Crippen LogP contribution in [0.5, 0.6) is 0 Å². The number of nitrogens with zero attached hydrogens (tertiary/aromatic N) is 3. The van der Waals surface area contributed by atoms with Gasteiger partial charge in [-0.3, -0.25) is 4.79 Å². The second-order valence-corrected chi connectivity index (χ2v) is 5.08. The van der Waals surface area contributed by atoms with Crippen LogP contribution in [-0.4, -0.2) is 54.9 Å². The number of amides is 1. The molecular formula is C17H29IN4O. The summed E-state index contributed by atoms with van der Waals surface area (Å²) in [5.41, 5.74) is 1.15. The lowest BCUT2D eigenvalue weighted by atomic mass is 10.2. The highest BCUT2D eigenvalue weighted by Crippen LogP contribution is 2.01. The highest BCUT2D eigenvalue weighted by Gasteiger charge is 2.14. The van der Waals surface area contributed by atoms with Crippen LogP contribution in [0.3, 0.4) is 0 Å². The Kier molecular flexibility index (Phi) is 11.5. The summed E-state index contributed by atoms with van der Waals surface area (Å²) in [6.45, 7) is 9.21. The second-order valence-electron chi connectivity index (χ2n) is 5.08. The third-order valence-electron chi connectivity index (χ3n) is 3.44. The van der Waals surface area contributed by atoms with Gasteiger partial charge in [-0.25, -0.2) is 4.99 Å². The lowest BCUT2D eigenvalue weighted by Crippen LogP contribution is -2.45. The molecule has 0 unspecified atom stereocenters. The summed E-state index contributed by atoms with van der Waals surface area (Å²) in [5, 5.41) is 3.24. The van der Waals surface area contributed by atoms with Gasteiger partial charge in [-0.05, 0) is 26.3 Å². The molecule has 0 heterocycles. The molecule has 0 saturated carbocycles. The minimum atomic E-state index is 0. The fourth-order valence-electron chi connectivity index (χ4n) is 2.17. The first-order valence-electron chi connectivity index (χ1n) is 7.93. The van der Waals surface area contributed by atoms with Crippen LogP contribution in [0.1, 0.15) is 26.3 Å². The molecule has 0 saturated heterocycles. The summed E-state index contributed by atoms with van der Waals surface area (Å²) < 4.78 is 0. The summed E-state index contributed by atoms with van der Waals surface area (Å²) >= 11 is 0. The normalized spacial score (nSPS) is 10.7. The number of likely N-dealkylation sites (N-methyl/N-ethyl adjacent to an activating group) is 2. The van der Waals surface area contributed by atoms with Crippen molar-refractivity contribution in [3.63, 3.8) is 0 Å². The quantitative estimate of drug-likeness (QED) is 0.410. The van der Waals surface area contributed by atoms with Crippen molar-refractivity contribution >= 4 is 35.8 Å². The predicted octanol–water partition coefficient (Wildman–Crippen LogP) is 2.57. The van der Waals surface area contributed by atoms with E-state index in [9.17, 15) is 4.79 Å². The van der Waals surface area contributed by atoms with Gasteiger partial charge in [0, 0.05) is 26.7 Å². The van der Waals surface area contributed by atoms with Crippen LogP contribution in [0, 0.1) is 0 Å². The molecule has 0 aromatic heterocycles. The summed E-state index contributed by atoms with van der Waals surface area (Å²) in [6, 6.07) is 10.1. The molecule has 1 N–H and O–H groups in total. The highest BCUT2D eigenvalue weighted by atomic mass is 127. The summed E-state index contributed by atoms with van der Waals surface area (Å²) in [4.78, 5) is 20.5. The standard InChI is InChI=1S/C17H28N4O.HI/c1-5-18-17(19-13-15-11-9-8-10-12-15)20(4)14-16(22)21(6-2)7-3;/h8-12H,5-7,13-14H2,1-4H3,(H,18,19);1H. The number of hydrogen-bond donors (Lipinski definition) is 1. The van der Waals surface area contributed by atoms with Crippen LogP contribution < -0.4 is 5.32 Å². The van der Waals surface area contributed by atoms with Crippen LogP contribution in [0.4, 0.5) is 0 Å². The maximum Gasteiger partial charge on any atom is 0.242 e. The van der Waals surface area contributed by atoms with E-state index in [1.54, 1.807) is 0 Å². The molecule has 1 rings (SSSR count). The SMILES string of the molecule is CCNC(=NCc1ccccc1)N(C)CC(=O)N(CC)CC.I. The Morgan fingerprint density at radius 2 is 1.74 bits per heavy atom. The Balaban J connectivity index is 0.00000484. The van der Waals surface area contributed by atoms with Gasteiger partial charge in [-0.2, -0.15) is 0 Å². The van der Waals surface area contributed by atoms with Gasteiger partial charge >= 0.3 is 0 Å². The molecule has 0 atom stereocenters. The number of carbonyl (C=O) groups is 1. The first kappa shape index (κ1) is 21.7. The van der Waals surface area contributed by atoms with Gasteiger partial charge in [0.25, 0.3) is 0 Å². The lowest BCUT2D eigenvalue weighted by Gasteiger charge is -2.25. The largest absolute Gasteiger partial charge is 0.357 e. The molecule has 1 amide bonds. The molecular weight excluding hydrogens is 403 g/mol. The number of benzene rings is 1. The third kappa shape index (κ3) is 7.67. The minimum absolute atomic E-state index is 0. The Morgan fingerprint density at radius 1 is 1.13 bits per heavy atom. The average Bonchev–Trinajstić information content (AvgIpc) is 2.53. The Morgan fingerprint density at radius 3 is 2.26 bits per heavy atom. The van der Waals surface area contributed by atoms with Crippen molar-refractivity contribution in [3.8, 4) is 0 Å². The van der Waals surface area contributed by atoms with E-state index in [4.69, 9.17) is 0 Å². The number of rotatable bonds is 7. The van der Waals surface area contributed by atoms with Crippen LogP contribution in [-0.2, 0) is 11.3 Å². The number of nitrogens with one attached hydrogen (secondary N) is 1. The van der Waals surface area contributed by atoms with E-state index in [0.29, 0.717) is 13.1 Å². The molecule has 0 aliphatic carbocycles. The fraction of sp³-hybridized carbons (Fsp3) is 0.529. The number of guanidine groups is 1. The van der Waals surface area contributed by atoms with Crippen molar-refractivity contribution in [2.75, 3.05) is 33.2 Å². The summed E-state index contributed by atoms with van der Waals surface area (Å²) in [6.07, 6.45) is 0. The van der Waals surface area contributed by atoms with Crippen molar-refractivity contribution < 1.29 is 4.79 Å². The Labute approximate surface area is 157 Å². The minimum Gasteiger partial charge on any atom is -0.357 e. The number of carbonyl (C=O) groups excluding carboxylic acids is 1. The average molecular weight is 432 g/mol. The monoisotopic (exact) mass is 432 g/mol. The van der Waals surface area contributed by atoms with E-state index in [1.807, 2.05) is 68.0 Å². The fourth-order valence-corrected chi connectivity index (χ4v) is 2.17. The molecule has 5 nitrogen and oxygen atoms in total. The van der Waals surface area contributed by atoms with Gasteiger partial charge in [-0.15, -0.1) is 24.0 Å². The highest BCUT2D eigenvalue weighted by molar-refractivity contribution is 14.0. The Hall–Kier alpha value is -1.31.